The zero-order valence-corrected chi connectivity index (χ0v) is 36.7. The van der Waals surface area contributed by atoms with Crippen LogP contribution in [0.15, 0.2) is 104 Å². The molecule has 3 aromatic carbocycles. The van der Waals surface area contributed by atoms with Crippen molar-refractivity contribution in [1.29, 1.82) is 0 Å². The van der Waals surface area contributed by atoms with Crippen molar-refractivity contribution in [2.45, 2.75) is 76.9 Å². The molecule has 0 spiro atoms. The number of rotatable bonds is 14. The molecule has 0 aliphatic carbocycles. The molecule has 2 fully saturated rings. The van der Waals surface area contributed by atoms with Crippen LogP contribution in [0.2, 0.25) is 0 Å². The fourth-order valence-corrected chi connectivity index (χ4v) is 8.76. The fraction of sp³-hybridized carbons (Fsp3) is 0.360. The summed E-state index contributed by atoms with van der Waals surface area (Å²) in [4.78, 5) is 57.6. The van der Waals surface area contributed by atoms with Gasteiger partial charge in [0.05, 0.1) is 29.6 Å². The molecule has 14 heteroatoms. The maximum atomic E-state index is 14.2. The van der Waals surface area contributed by atoms with Crippen molar-refractivity contribution in [3.8, 4) is 28.1 Å². The number of para-hydroxylation sites is 1. The molecule has 2 aromatic heterocycles. The minimum Gasteiger partial charge on any atom is -0.493 e. The van der Waals surface area contributed by atoms with Crippen LogP contribution in [0.4, 0.5) is 21.9 Å². The molecule has 3 aliphatic rings. The zero-order chi connectivity index (χ0) is 44.7. The van der Waals surface area contributed by atoms with Crippen LogP contribution >= 0.6 is 0 Å². The predicted octanol–water partition coefficient (Wildman–Crippen LogP) is 9.06. The highest BCUT2D eigenvalue weighted by molar-refractivity contribution is 6.06. The number of nitrogens with one attached hydrogen (secondary N) is 2. The van der Waals surface area contributed by atoms with Crippen molar-refractivity contribution in [3.63, 3.8) is 0 Å². The Morgan fingerprint density at radius 3 is 2.41 bits per heavy atom. The average molecular weight is 869 g/mol. The molecule has 0 radical (unpaired) electrons. The summed E-state index contributed by atoms with van der Waals surface area (Å²) in [6.07, 6.45) is 8.91. The van der Waals surface area contributed by atoms with Crippen molar-refractivity contribution in [2.24, 2.45) is 14.1 Å². The number of hydrogen-bond donors (Lipinski definition) is 2. The lowest BCUT2D eigenvalue weighted by molar-refractivity contribution is -0.198. The molecule has 5 heterocycles. The average Bonchev–Trinajstić information content (AvgIpc) is 3.86. The number of fused-ring (bicyclic) bond motifs is 2. The van der Waals surface area contributed by atoms with E-state index in [1.54, 1.807) is 12.1 Å². The van der Waals surface area contributed by atoms with Gasteiger partial charge in [-0.3, -0.25) is 14.4 Å². The summed E-state index contributed by atoms with van der Waals surface area (Å²) in [6.45, 7) is 6.90. The van der Waals surface area contributed by atoms with Crippen molar-refractivity contribution in [1.82, 2.24) is 14.0 Å². The Hall–Kier alpha value is -6.64. The van der Waals surface area contributed by atoms with E-state index >= 15 is 0 Å². The Labute approximate surface area is 373 Å². The second-order valence-corrected chi connectivity index (χ2v) is 16.6. The van der Waals surface area contributed by atoms with E-state index in [4.69, 9.17) is 18.9 Å². The lowest BCUT2D eigenvalue weighted by Gasteiger charge is -2.42. The van der Waals surface area contributed by atoms with Crippen molar-refractivity contribution in [3.05, 3.63) is 121 Å². The fourth-order valence-electron chi connectivity index (χ4n) is 8.76. The molecule has 14 nitrogen and oxygen atoms in total. The molecular formula is C50H56N6O8. The van der Waals surface area contributed by atoms with Gasteiger partial charge >= 0.3 is 6.09 Å². The van der Waals surface area contributed by atoms with Crippen molar-refractivity contribution in [2.75, 3.05) is 41.9 Å². The van der Waals surface area contributed by atoms with Crippen LogP contribution in [0.25, 0.3) is 22.4 Å². The van der Waals surface area contributed by atoms with Gasteiger partial charge in [0.15, 0.2) is 12.5 Å². The van der Waals surface area contributed by atoms with Gasteiger partial charge in [-0.15, -0.1) is 0 Å². The topological polar surface area (TPSA) is 146 Å². The summed E-state index contributed by atoms with van der Waals surface area (Å²) in [5.41, 5.74) is 7.20. The Bertz CT molecular complexity index is 2490. The molecule has 0 saturated carbocycles. The third kappa shape index (κ3) is 9.78. The number of aromatic nitrogens is 2. The number of carbonyl (C=O) groups excluding carboxylic acids is 4. The van der Waals surface area contributed by atoms with Crippen LogP contribution < -0.4 is 20.3 Å². The van der Waals surface area contributed by atoms with Gasteiger partial charge in [-0.25, -0.2) is 9.69 Å². The second kappa shape index (κ2) is 19.8. The molecule has 3 atom stereocenters. The summed E-state index contributed by atoms with van der Waals surface area (Å²) < 4.78 is 28.3. The number of hydrogen-bond acceptors (Lipinski definition) is 8. The molecule has 2 saturated heterocycles. The number of ether oxygens (including phenoxy) is 4. The van der Waals surface area contributed by atoms with Crippen LogP contribution in [0, 0.1) is 6.92 Å². The number of amides is 4. The maximum Gasteiger partial charge on any atom is 0.416 e. The highest BCUT2D eigenvalue weighted by atomic mass is 16.7. The first kappa shape index (κ1) is 44.0. The Kier molecular flexibility index (Phi) is 13.6. The molecular weight excluding hydrogens is 813 g/mol. The van der Waals surface area contributed by atoms with Gasteiger partial charge < -0.3 is 43.6 Å². The minimum atomic E-state index is -0.840. The monoisotopic (exact) mass is 868 g/mol. The normalized spacial score (nSPS) is 18.4. The molecule has 64 heavy (non-hydrogen) atoms. The van der Waals surface area contributed by atoms with Crippen LogP contribution in [0.1, 0.15) is 77.8 Å². The zero-order valence-electron chi connectivity index (χ0n) is 36.7. The number of aryl methyl sites for hydroxylation is 3. The molecule has 2 unspecified atom stereocenters. The summed E-state index contributed by atoms with van der Waals surface area (Å²) in [7, 11) is 3.79. The molecule has 3 aliphatic heterocycles. The van der Waals surface area contributed by atoms with E-state index in [0.29, 0.717) is 60.8 Å². The third-order valence-electron chi connectivity index (χ3n) is 12.0. The number of benzene rings is 3. The Balaban J connectivity index is 0.906. The number of anilines is 3. The van der Waals surface area contributed by atoms with Crippen LogP contribution in [0.5, 0.6) is 5.75 Å². The van der Waals surface area contributed by atoms with Crippen LogP contribution in [-0.4, -0.2) is 82.8 Å². The van der Waals surface area contributed by atoms with E-state index < -0.39 is 24.7 Å². The van der Waals surface area contributed by atoms with E-state index in [-0.39, 0.29) is 37.4 Å². The van der Waals surface area contributed by atoms with Crippen LogP contribution in [-0.2, 0) is 33.1 Å². The van der Waals surface area contributed by atoms with E-state index in [1.807, 2.05) is 114 Å². The van der Waals surface area contributed by atoms with E-state index in [9.17, 15) is 19.2 Å². The summed E-state index contributed by atoms with van der Waals surface area (Å²) in [5.74, 6) is -0.0225. The number of piperidine rings is 1. The quantitative estimate of drug-likeness (QED) is 0.0831. The third-order valence-corrected chi connectivity index (χ3v) is 12.0. The first-order valence-corrected chi connectivity index (χ1v) is 22.1. The lowest BCUT2D eigenvalue weighted by Crippen LogP contribution is -2.57. The highest BCUT2D eigenvalue weighted by Crippen LogP contribution is 2.40. The highest BCUT2D eigenvalue weighted by Gasteiger charge is 2.46. The molecule has 0 bridgehead atoms. The van der Waals surface area contributed by atoms with Gasteiger partial charge in [-0.2, -0.15) is 0 Å². The van der Waals surface area contributed by atoms with E-state index in [0.717, 1.165) is 59.3 Å². The summed E-state index contributed by atoms with van der Waals surface area (Å²) in [6, 6.07) is 24.4. The SMILES string of the molecule is C=CCOC(=O)N1c2cc(OCCCC(=O)Nc3cc(-c4ccc(-c5cc(C(=O)Nc6ccccc6)n(C)c5)cc4)n(C)c3)c(C)cc2C(=O)N2CCCC[C@H]2C1OC1CCCCO1. The molecule has 4 amide bonds. The Morgan fingerprint density at radius 1 is 0.859 bits per heavy atom. The summed E-state index contributed by atoms with van der Waals surface area (Å²) in [5, 5.41) is 5.97. The van der Waals surface area contributed by atoms with Gasteiger partial charge in [0, 0.05) is 69.1 Å². The number of carbonyl (C=O) groups is 4. The first-order chi connectivity index (χ1) is 31.1. The lowest BCUT2D eigenvalue weighted by atomic mass is 10.00. The largest absolute Gasteiger partial charge is 0.493 e. The second-order valence-electron chi connectivity index (χ2n) is 16.6. The molecule has 334 valence electrons. The van der Waals surface area contributed by atoms with Gasteiger partial charge in [0.1, 0.15) is 18.1 Å². The van der Waals surface area contributed by atoms with Crippen molar-refractivity contribution >= 4 is 40.9 Å². The van der Waals surface area contributed by atoms with Gasteiger partial charge in [-0.1, -0.05) is 55.1 Å². The Morgan fingerprint density at radius 2 is 1.64 bits per heavy atom. The minimum absolute atomic E-state index is 0.0105. The maximum absolute atomic E-state index is 14.2. The van der Waals surface area contributed by atoms with E-state index in [2.05, 4.69) is 17.2 Å². The first-order valence-electron chi connectivity index (χ1n) is 22.1. The van der Waals surface area contributed by atoms with E-state index in [1.165, 1.54) is 11.0 Å². The summed E-state index contributed by atoms with van der Waals surface area (Å²) >= 11 is 0. The van der Waals surface area contributed by atoms with Gasteiger partial charge in [0.25, 0.3) is 11.8 Å². The van der Waals surface area contributed by atoms with Gasteiger partial charge in [-0.05, 0) is 98.9 Å². The van der Waals surface area contributed by atoms with Crippen LogP contribution in [0.3, 0.4) is 0 Å². The molecule has 8 rings (SSSR count). The molecule has 5 aromatic rings. The van der Waals surface area contributed by atoms with Gasteiger partial charge in [0.2, 0.25) is 5.91 Å². The smallest absolute Gasteiger partial charge is 0.416 e. The standard InChI is InChI=1S/C50H56N6O8/c1-5-24-63-50(60)56-42-30-44(33(2)27-39(42)48(59)55-23-11-9-16-40(55)49(56)64-46-18-10-12-25-62-46)61-26-13-17-45(57)51-38-29-41(54(4)32-38)35-21-19-34(20-22-35)36-28-43(53(3)31-36)47(58)52-37-14-7-6-8-15-37/h5-8,14-15,19-22,27-32,40,46,49H,1,9-13,16-18,23-26H2,2-4H3,(H,51,57)(H,52,58)/t40-,46?,49?/m0/s1. The number of nitrogens with zero attached hydrogens (tertiary/aromatic N) is 4. The molecule has 2 N–H and O–H groups in total. The predicted molar refractivity (Wildman–Crippen MR) is 245 cm³/mol. The van der Waals surface area contributed by atoms with Crippen molar-refractivity contribution < 1.29 is 38.1 Å².